The van der Waals surface area contributed by atoms with Crippen molar-refractivity contribution in [1.29, 1.82) is 0 Å². The van der Waals surface area contributed by atoms with Crippen LogP contribution in [0.25, 0.3) is 0 Å². The summed E-state index contributed by atoms with van der Waals surface area (Å²) in [5.41, 5.74) is -0.647. The van der Waals surface area contributed by atoms with E-state index in [0.717, 1.165) is 37.4 Å². The molecular weight excluding hydrogens is 240 g/mol. The van der Waals surface area contributed by atoms with E-state index in [1.807, 2.05) is 13.8 Å². The molecule has 2 rings (SSSR count). The smallest absolute Gasteiger partial charge is 0.229 e. The summed E-state index contributed by atoms with van der Waals surface area (Å²) < 4.78 is 5.25. The fraction of sp³-hybridized carbons (Fsp3) is 0.867. The minimum atomic E-state index is -0.647. The zero-order valence-electron chi connectivity index (χ0n) is 12.5. The molecule has 1 aliphatic rings. The van der Waals surface area contributed by atoms with Crippen LogP contribution in [0, 0.1) is 11.8 Å². The van der Waals surface area contributed by atoms with Gasteiger partial charge in [0.25, 0.3) is 0 Å². The summed E-state index contributed by atoms with van der Waals surface area (Å²) in [5, 5.41) is 14.6. The highest BCUT2D eigenvalue weighted by atomic mass is 16.5. The molecule has 1 N–H and O–H groups in total. The Hall–Kier alpha value is -0.900. The van der Waals surface area contributed by atoms with Gasteiger partial charge in [-0.1, -0.05) is 32.9 Å². The van der Waals surface area contributed by atoms with Crippen molar-refractivity contribution in [1.82, 2.24) is 10.1 Å². The van der Waals surface area contributed by atoms with Crippen molar-refractivity contribution < 1.29 is 9.63 Å². The maximum atomic E-state index is 10.6. The standard InChI is InChI=1S/C15H26N2O2/c1-10(2)12-5-7-15(18,8-6-12)9-13-16-14(11(3)4)17-19-13/h10-12,18H,5-9H2,1-4H3. The summed E-state index contributed by atoms with van der Waals surface area (Å²) >= 11 is 0. The van der Waals surface area contributed by atoms with Gasteiger partial charge in [-0.25, -0.2) is 0 Å². The highest BCUT2D eigenvalue weighted by molar-refractivity contribution is 4.98. The molecule has 108 valence electrons. The van der Waals surface area contributed by atoms with E-state index in [1.54, 1.807) is 0 Å². The molecule has 1 aromatic heterocycles. The van der Waals surface area contributed by atoms with Gasteiger partial charge < -0.3 is 9.63 Å². The second-order valence-corrected chi connectivity index (χ2v) is 6.68. The molecule has 0 aliphatic heterocycles. The molecule has 1 aliphatic carbocycles. The Morgan fingerprint density at radius 1 is 1.26 bits per heavy atom. The molecule has 0 bridgehead atoms. The second kappa shape index (κ2) is 5.61. The number of aromatic nitrogens is 2. The first kappa shape index (κ1) is 14.5. The number of hydrogen-bond acceptors (Lipinski definition) is 4. The third-order valence-corrected chi connectivity index (χ3v) is 4.38. The number of aliphatic hydroxyl groups is 1. The van der Waals surface area contributed by atoms with E-state index in [0.29, 0.717) is 18.2 Å². The molecule has 0 amide bonds. The molecule has 4 heteroatoms. The van der Waals surface area contributed by atoms with Gasteiger partial charge in [-0.2, -0.15) is 4.98 Å². The molecule has 19 heavy (non-hydrogen) atoms. The van der Waals surface area contributed by atoms with E-state index in [-0.39, 0.29) is 5.92 Å². The second-order valence-electron chi connectivity index (χ2n) is 6.68. The van der Waals surface area contributed by atoms with Crippen LogP contribution < -0.4 is 0 Å². The molecule has 0 spiro atoms. The highest BCUT2D eigenvalue weighted by Crippen LogP contribution is 2.37. The van der Waals surface area contributed by atoms with Gasteiger partial charge in [0.1, 0.15) is 0 Å². The van der Waals surface area contributed by atoms with Crippen molar-refractivity contribution in [2.24, 2.45) is 11.8 Å². The maximum absolute atomic E-state index is 10.6. The van der Waals surface area contributed by atoms with Crippen molar-refractivity contribution >= 4 is 0 Å². The van der Waals surface area contributed by atoms with Crippen LogP contribution in [0.15, 0.2) is 4.52 Å². The van der Waals surface area contributed by atoms with Crippen molar-refractivity contribution in [3.05, 3.63) is 11.7 Å². The predicted octanol–water partition coefficient (Wildman–Crippen LogP) is 3.31. The summed E-state index contributed by atoms with van der Waals surface area (Å²) in [7, 11) is 0. The monoisotopic (exact) mass is 266 g/mol. The van der Waals surface area contributed by atoms with E-state index in [1.165, 1.54) is 0 Å². The number of hydrogen-bond donors (Lipinski definition) is 1. The van der Waals surface area contributed by atoms with E-state index in [2.05, 4.69) is 24.0 Å². The average Bonchev–Trinajstić information content (AvgIpc) is 2.77. The first-order valence-electron chi connectivity index (χ1n) is 7.44. The lowest BCUT2D eigenvalue weighted by Gasteiger charge is -2.36. The molecule has 4 nitrogen and oxygen atoms in total. The van der Waals surface area contributed by atoms with Crippen molar-refractivity contribution in [3.8, 4) is 0 Å². The van der Waals surface area contributed by atoms with Gasteiger partial charge in [-0.3, -0.25) is 0 Å². The van der Waals surface area contributed by atoms with Gasteiger partial charge in [0.05, 0.1) is 12.0 Å². The first-order chi connectivity index (χ1) is 8.89. The molecule has 0 aromatic carbocycles. The van der Waals surface area contributed by atoms with Crippen molar-refractivity contribution in [2.75, 3.05) is 0 Å². The number of rotatable bonds is 4. The molecule has 0 atom stereocenters. The molecule has 0 saturated heterocycles. The van der Waals surface area contributed by atoms with Gasteiger partial charge in [0.15, 0.2) is 5.82 Å². The molecule has 0 unspecified atom stereocenters. The molecular formula is C15H26N2O2. The molecule has 1 heterocycles. The lowest BCUT2D eigenvalue weighted by Crippen LogP contribution is -2.37. The summed E-state index contributed by atoms with van der Waals surface area (Å²) in [5.74, 6) is 3.03. The maximum Gasteiger partial charge on any atom is 0.229 e. The SMILES string of the molecule is CC(C)c1noc(CC2(O)CCC(C(C)C)CC2)n1. The minimum Gasteiger partial charge on any atom is -0.389 e. The summed E-state index contributed by atoms with van der Waals surface area (Å²) in [6.45, 7) is 8.61. The Labute approximate surface area is 115 Å². The quantitative estimate of drug-likeness (QED) is 0.908. The molecule has 1 aromatic rings. The highest BCUT2D eigenvalue weighted by Gasteiger charge is 2.35. The van der Waals surface area contributed by atoms with E-state index in [4.69, 9.17) is 4.52 Å². The largest absolute Gasteiger partial charge is 0.389 e. The van der Waals surface area contributed by atoms with Crippen LogP contribution in [-0.4, -0.2) is 20.8 Å². The summed E-state index contributed by atoms with van der Waals surface area (Å²) in [6, 6.07) is 0. The van der Waals surface area contributed by atoms with E-state index >= 15 is 0 Å². The van der Waals surface area contributed by atoms with Gasteiger partial charge in [-0.15, -0.1) is 0 Å². The van der Waals surface area contributed by atoms with Gasteiger partial charge in [-0.05, 0) is 37.5 Å². The van der Waals surface area contributed by atoms with Gasteiger partial charge >= 0.3 is 0 Å². The first-order valence-corrected chi connectivity index (χ1v) is 7.44. The lowest BCUT2D eigenvalue weighted by atomic mass is 9.73. The zero-order valence-corrected chi connectivity index (χ0v) is 12.5. The Bertz CT molecular complexity index is 404. The van der Waals surface area contributed by atoms with Crippen LogP contribution in [0.4, 0.5) is 0 Å². The van der Waals surface area contributed by atoms with Gasteiger partial charge in [0.2, 0.25) is 5.89 Å². The Morgan fingerprint density at radius 2 is 1.89 bits per heavy atom. The van der Waals surface area contributed by atoms with Crippen LogP contribution in [0.3, 0.4) is 0 Å². The Kier molecular flexibility index (Phi) is 4.29. The van der Waals surface area contributed by atoms with E-state index < -0.39 is 5.60 Å². The van der Waals surface area contributed by atoms with Crippen LogP contribution in [0.5, 0.6) is 0 Å². The Balaban J connectivity index is 1.95. The average molecular weight is 266 g/mol. The normalized spacial score (nSPS) is 28.3. The third-order valence-electron chi connectivity index (χ3n) is 4.38. The van der Waals surface area contributed by atoms with Crippen LogP contribution in [0.1, 0.15) is 71.0 Å². The fourth-order valence-corrected chi connectivity index (χ4v) is 2.88. The van der Waals surface area contributed by atoms with Crippen LogP contribution in [0.2, 0.25) is 0 Å². The summed E-state index contributed by atoms with van der Waals surface area (Å²) in [4.78, 5) is 4.37. The van der Waals surface area contributed by atoms with E-state index in [9.17, 15) is 5.11 Å². The third kappa shape index (κ3) is 3.56. The number of nitrogens with zero attached hydrogens (tertiary/aromatic N) is 2. The van der Waals surface area contributed by atoms with Crippen molar-refractivity contribution in [3.63, 3.8) is 0 Å². The zero-order chi connectivity index (χ0) is 14.0. The van der Waals surface area contributed by atoms with Crippen LogP contribution >= 0.6 is 0 Å². The minimum absolute atomic E-state index is 0.267. The molecule has 0 radical (unpaired) electrons. The topological polar surface area (TPSA) is 59.2 Å². The summed E-state index contributed by atoms with van der Waals surface area (Å²) in [6.07, 6.45) is 4.38. The van der Waals surface area contributed by atoms with Gasteiger partial charge in [0, 0.05) is 5.92 Å². The molecule has 1 fully saturated rings. The lowest BCUT2D eigenvalue weighted by molar-refractivity contribution is -0.0200. The fourth-order valence-electron chi connectivity index (χ4n) is 2.88. The van der Waals surface area contributed by atoms with Crippen molar-refractivity contribution in [2.45, 2.75) is 71.3 Å². The predicted molar refractivity (Wildman–Crippen MR) is 73.8 cm³/mol. The van der Waals surface area contributed by atoms with Crippen LogP contribution in [-0.2, 0) is 6.42 Å². The molecule has 1 saturated carbocycles. The Morgan fingerprint density at radius 3 is 2.37 bits per heavy atom.